The zero-order valence-corrected chi connectivity index (χ0v) is 10.1. The molecule has 0 spiro atoms. The summed E-state index contributed by atoms with van der Waals surface area (Å²) in [7, 11) is -0.608. The molecule has 0 aromatic carbocycles. The van der Waals surface area contributed by atoms with Crippen molar-refractivity contribution in [3.05, 3.63) is 0 Å². The van der Waals surface area contributed by atoms with Crippen LogP contribution in [0.2, 0.25) is 0 Å². The minimum Gasteiger partial charge on any atom is -0.315 e. The fourth-order valence-corrected chi connectivity index (χ4v) is 2.51. The van der Waals surface area contributed by atoms with Gasteiger partial charge in [0.25, 0.3) is 0 Å². The molecule has 2 atom stereocenters. The van der Waals surface area contributed by atoms with Crippen LogP contribution in [-0.4, -0.2) is 53.3 Å². The van der Waals surface area contributed by atoms with E-state index >= 15 is 0 Å². The van der Waals surface area contributed by atoms with E-state index in [1.165, 1.54) is 0 Å². The Hall–Kier alpha value is 0.0700. The van der Waals surface area contributed by atoms with Crippen LogP contribution in [0.15, 0.2) is 0 Å². The Kier molecular flexibility index (Phi) is 5.67. The second kappa shape index (κ2) is 6.53. The van der Waals surface area contributed by atoms with Crippen molar-refractivity contribution in [3.8, 4) is 0 Å². The smallest absolute Gasteiger partial charge is 0.0362 e. The van der Waals surface area contributed by atoms with Crippen molar-refractivity contribution < 1.29 is 4.21 Å². The average molecular weight is 218 g/mol. The summed E-state index contributed by atoms with van der Waals surface area (Å²) < 4.78 is 11.3. The molecule has 0 aromatic heterocycles. The van der Waals surface area contributed by atoms with E-state index in [1.807, 2.05) is 6.92 Å². The summed E-state index contributed by atoms with van der Waals surface area (Å²) in [6.07, 6.45) is 0. The van der Waals surface area contributed by atoms with Crippen molar-refractivity contribution in [1.29, 1.82) is 0 Å². The SMILES string of the molecule is CCS(=O)CCN1CCNCC(C)C1. The van der Waals surface area contributed by atoms with Gasteiger partial charge in [0.05, 0.1) is 0 Å². The zero-order valence-electron chi connectivity index (χ0n) is 9.29. The van der Waals surface area contributed by atoms with Gasteiger partial charge in [-0.25, -0.2) is 0 Å². The normalized spacial score (nSPS) is 27.1. The lowest BCUT2D eigenvalue weighted by Gasteiger charge is -2.21. The van der Waals surface area contributed by atoms with Gasteiger partial charge in [0.1, 0.15) is 0 Å². The molecule has 14 heavy (non-hydrogen) atoms. The fraction of sp³-hybridized carbons (Fsp3) is 1.00. The topological polar surface area (TPSA) is 32.3 Å². The first kappa shape index (κ1) is 12.1. The van der Waals surface area contributed by atoms with Crippen LogP contribution in [0.1, 0.15) is 13.8 Å². The van der Waals surface area contributed by atoms with Gasteiger partial charge in [-0.15, -0.1) is 0 Å². The van der Waals surface area contributed by atoms with Crippen molar-refractivity contribution in [2.75, 3.05) is 44.2 Å². The summed E-state index contributed by atoms with van der Waals surface area (Å²) in [6.45, 7) is 9.69. The first-order valence-corrected chi connectivity index (χ1v) is 6.99. The Morgan fingerprint density at radius 1 is 1.57 bits per heavy atom. The molecule has 84 valence electrons. The van der Waals surface area contributed by atoms with E-state index in [2.05, 4.69) is 17.1 Å². The molecule has 4 heteroatoms. The second-order valence-corrected chi connectivity index (χ2v) is 5.91. The van der Waals surface area contributed by atoms with Crippen molar-refractivity contribution >= 4 is 10.8 Å². The van der Waals surface area contributed by atoms with E-state index in [0.29, 0.717) is 5.92 Å². The van der Waals surface area contributed by atoms with Crippen LogP contribution in [0.5, 0.6) is 0 Å². The maximum absolute atomic E-state index is 11.3. The minimum absolute atomic E-state index is 0.608. The lowest BCUT2D eigenvalue weighted by atomic mass is 10.2. The highest BCUT2D eigenvalue weighted by Gasteiger charge is 2.14. The summed E-state index contributed by atoms with van der Waals surface area (Å²) in [4.78, 5) is 2.43. The molecular weight excluding hydrogens is 196 g/mol. The molecule has 0 aliphatic carbocycles. The van der Waals surface area contributed by atoms with Crippen LogP contribution in [0.4, 0.5) is 0 Å². The quantitative estimate of drug-likeness (QED) is 0.736. The van der Waals surface area contributed by atoms with Gasteiger partial charge in [0.2, 0.25) is 0 Å². The number of rotatable bonds is 4. The van der Waals surface area contributed by atoms with Crippen LogP contribution in [0.25, 0.3) is 0 Å². The van der Waals surface area contributed by atoms with E-state index < -0.39 is 10.8 Å². The molecule has 0 amide bonds. The molecule has 1 aliphatic heterocycles. The number of nitrogens with one attached hydrogen (secondary N) is 1. The van der Waals surface area contributed by atoms with E-state index in [-0.39, 0.29) is 0 Å². The largest absolute Gasteiger partial charge is 0.315 e. The fourth-order valence-electron chi connectivity index (χ4n) is 1.76. The Labute approximate surface area is 89.7 Å². The van der Waals surface area contributed by atoms with E-state index in [4.69, 9.17) is 0 Å². The Morgan fingerprint density at radius 2 is 2.36 bits per heavy atom. The Balaban J connectivity index is 2.24. The Morgan fingerprint density at radius 3 is 3.07 bits per heavy atom. The van der Waals surface area contributed by atoms with Gasteiger partial charge in [0, 0.05) is 48.5 Å². The highest BCUT2D eigenvalue weighted by atomic mass is 32.2. The molecular formula is C10H22N2OS. The Bertz CT molecular complexity index is 187. The summed E-state index contributed by atoms with van der Waals surface area (Å²) in [5.74, 6) is 2.35. The van der Waals surface area contributed by atoms with Crippen LogP contribution in [0.3, 0.4) is 0 Å². The lowest BCUT2D eigenvalue weighted by Crippen LogP contribution is -2.33. The molecule has 1 saturated heterocycles. The third-order valence-electron chi connectivity index (χ3n) is 2.62. The van der Waals surface area contributed by atoms with Gasteiger partial charge in [-0.2, -0.15) is 0 Å². The first-order valence-electron chi connectivity index (χ1n) is 5.50. The van der Waals surface area contributed by atoms with Crippen LogP contribution < -0.4 is 5.32 Å². The van der Waals surface area contributed by atoms with Crippen molar-refractivity contribution in [3.63, 3.8) is 0 Å². The van der Waals surface area contributed by atoms with Gasteiger partial charge >= 0.3 is 0 Å². The molecule has 0 aromatic rings. The third-order valence-corrected chi connectivity index (χ3v) is 3.91. The molecule has 3 nitrogen and oxygen atoms in total. The minimum atomic E-state index is -0.608. The van der Waals surface area contributed by atoms with Gasteiger partial charge in [-0.05, 0) is 12.5 Å². The van der Waals surface area contributed by atoms with Crippen LogP contribution in [-0.2, 0) is 10.8 Å². The van der Waals surface area contributed by atoms with Gasteiger partial charge < -0.3 is 10.2 Å². The predicted octanol–water partition coefficient (Wildman–Crippen LogP) is 0.296. The molecule has 1 fully saturated rings. The van der Waals surface area contributed by atoms with Gasteiger partial charge in [0.15, 0.2) is 0 Å². The van der Waals surface area contributed by atoms with E-state index in [0.717, 1.165) is 44.2 Å². The predicted molar refractivity (Wildman–Crippen MR) is 62.0 cm³/mol. The molecule has 0 radical (unpaired) electrons. The van der Waals surface area contributed by atoms with Crippen LogP contribution >= 0.6 is 0 Å². The number of nitrogens with zero attached hydrogens (tertiary/aromatic N) is 1. The van der Waals surface area contributed by atoms with Gasteiger partial charge in [-0.3, -0.25) is 4.21 Å². The zero-order chi connectivity index (χ0) is 10.4. The second-order valence-electron chi connectivity index (χ2n) is 4.04. The summed E-state index contributed by atoms with van der Waals surface area (Å²) >= 11 is 0. The molecule has 1 heterocycles. The van der Waals surface area contributed by atoms with Gasteiger partial charge in [-0.1, -0.05) is 13.8 Å². The summed E-state index contributed by atoms with van der Waals surface area (Å²) in [6, 6.07) is 0. The molecule has 1 rings (SSSR count). The van der Waals surface area contributed by atoms with Crippen molar-refractivity contribution in [1.82, 2.24) is 10.2 Å². The molecule has 0 saturated carbocycles. The first-order chi connectivity index (χ1) is 6.72. The molecule has 2 unspecified atom stereocenters. The summed E-state index contributed by atoms with van der Waals surface area (Å²) in [5, 5.41) is 3.41. The standard InChI is InChI=1S/C10H22N2OS/c1-3-14(13)7-6-12-5-4-11-8-10(2)9-12/h10-11H,3-9H2,1-2H3. The third kappa shape index (κ3) is 4.53. The molecule has 0 bridgehead atoms. The van der Waals surface area contributed by atoms with E-state index in [1.54, 1.807) is 0 Å². The lowest BCUT2D eigenvalue weighted by molar-refractivity contribution is 0.280. The van der Waals surface area contributed by atoms with Crippen LogP contribution in [0, 0.1) is 5.92 Å². The average Bonchev–Trinajstić information content (AvgIpc) is 2.39. The molecule has 1 aliphatic rings. The monoisotopic (exact) mass is 218 g/mol. The number of hydrogen-bond acceptors (Lipinski definition) is 3. The maximum atomic E-state index is 11.3. The number of hydrogen-bond donors (Lipinski definition) is 1. The highest BCUT2D eigenvalue weighted by molar-refractivity contribution is 7.84. The van der Waals surface area contributed by atoms with Crippen molar-refractivity contribution in [2.45, 2.75) is 13.8 Å². The van der Waals surface area contributed by atoms with Crippen molar-refractivity contribution in [2.24, 2.45) is 5.92 Å². The molecule has 1 N–H and O–H groups in total. The highest BCUT2D eigenvalue weighted by Crippen LogP contribution is 2.02. The maximum Gasteiger partial charge on any atom is 0.0362 e. The summed E-state index contributed by atoms with van der Waals surface area (Å²) in [5.41, 5.74) is 0. The van der Waals surface area contributed by atoms with E-state index in [9.17, 15) is 4.21 Å².